The average Bonchev–Trinajstić information content (AvgIpc) is 3.11. The second-order valence-corrected chi connectivity index (χ2v) is 5.36. The van der Waals surface area contributed by atoms with Crippen molar-refractivity contribution in [1.82, 2.24) is 14.9 Å². The number of rotatable bonds is 6. The number of hydrogen-bond acceptors (Lipinski definition) is 3. The largest absolute Gasteiger partial charge is 0.377 e. The predicted octanol–water partition coefficient (Wildman–Crippen LogP) is 2.37. The van der Waals surface area contributed by atoms with Crippen LogP contribution >= 0.6 is 0 Å². The van der Waals surface area contributed by atoms with Crippen molar-refractivity contribution in [1.29, 1.82) is 0 Å². The summed E-state index contributed by atoms with van der Waals surface area (Å²) in [6.07, 6.45) is 3.79. The molecular weight excluding hydrogens is 250 g/mol. The molecule has 1 aliphatic rings. The van der Waals surface area contributed by atoms with E-state index in [2.05, 4.69) is 41.1 Å². The van der Waals surface area contributed by atoms with Crippen LogP contribution in [0.4, 0.5) is 0 Å². The minimum atomic E-state index is 0.417. The Morgan fingerprint density at radius 3 is 3.10 bits per heavy atom. The SMILES string of the molecule is CCc1nc2ccccc2n1CCNCC1CCCO1. The Morgan fingerprint density at radius 1 is 1.40 bits per heavy atom. The lowest BCUT2D eigenvalue weighted by molar-refractivity contribution is 0.110. The molecule has 2 aromatic rings. The molecule has 2 heterocycles. The van der Waals surface area contributed by atoms with Crippen molar-refractivity contribution in [3.8, 4) is 0 Å². The quantitative estimate of drug-likeness (QED) is 0.821. The summed E-state index contributed by atoms with van der Waals surface area (Å²) in [7, 11) is 0. The topological polar surface area (TPSA) is 39.1 Å². The van der Waals surface area contributed by atoms with E-state index in [-0.39, 0.29) is 0 Å². The molecule has 0 aliphatic carbocycles. The van der Waals surface area contributed by atoms with Gasteiger partial charge in [-0.3, -0.25) is 0 Å². The molecule has 1 aromatic carbocycles. The molecule has 108 valence electrons. The summed E-state index contributed by atoms with van der Waals surface area (Å²) in [5.74, 6) is 1.17. The smallest absolute Gasteiger partial charge is 0.109 e. The lowest BCUT2D eigenvalue weighted by atomic mass is 10.2. The molecule has 0 radical (unpaired) electrons. The highest BCUT2D eigenvalue weighted by atomic mass is 16.5. The third-order valence-corrected chi connectivity index (χ3v) is 3.96. The first-order valence-electron chi connectivity index (χ1n) is 7.65. The van der Waals surface area contributed by atoms with Crippen molar-refractivity contribution < 1.29 is 4.74 Å². The highest BCUT2D eigenvalue weighted by molar-refractivity contribution is 5.75. The lowest BCUT2D eigenvalue weighted by Crippen LogP contribution is -2.29. The molecule has 0 amide bonds. The minimum Gasteiger partial charge on any atom is -0.377 e. The molecule has 1 fully saturated rings. The van der Waals surface area contributed by atoms with Crippen molar-refractivity contribution in [2.75, 3.05) is 19.7 Å². The molecule has 4 nitrogen and oxygen atoms in total. The van der Waals surface area contributed by atoms with Gasteiger partial charge in [0, 0.05) is 32.7 Å². The first-order chi connectivity index (χ1) is 9.88. The fraction of sp³-hybridized carbons (Fsp3) is 0.562. The molecule has 1 aromatic heterocycles. The Kier molecular flexibility index (Phi) is 4.33. The van der Waals surface area contributed by atoms with Crippen molar-refractivity contribution in [3.05, 3.63) is 30.1 Å². The van der Waals surface area contributed by atoms with Gasteiger partial charge in [-0.15, -0.1) is 0 Å². The van der Waals surface area contributed by atoms with Gasteiger partial charge >= 0.3 is 0 Å². The van der Waals surface area contributed by atoms with Crippen LogP contribution < -0.4 is 5.32 Å². The molecule has 1 unspecified atom stereocenters. The van der Waals surface area contributed by atoms with Gasteiger partial charge in [0.25, 0.3) is 0 Å². The number of benzene rings is 1. The number of ether oxygens (including phenoxy) is 1. The molecule has 1 saturated heterocycles. The van der Waals surface area contributed by atoms with E-state index in [9.17, 15) is 0 Å². The van der Waals surface area contributed by atoms with E-state index >= 15 is 0 Å². The first-order valence-corrected chi connectivity index (χ1v) is 7.65. The normalized spacial score (nSPS) is 18.9. The molecule has 4 heteroatoms. The summed E-state index contributed by atoms with van der Waals surface area (Å²) < 4.78 is 7.95. The average molecular weight is 273 g/mol. The number of nitrogens with one attached hydrogen (secondary N) is 1. The van der Waals surface area contributed by atoms with E-state index in [1.165, 1.54) is 24.2 Å². The monoisotopic (exact) mass is 273 g/mol. The van der Waals surface area contributed by atoms with Gasteiger partial charge < -0.3 is 14.6 Å². The van der Waals surface area contributed by atoms with E-state index in [4.69, 9.17) is 9.72 Å². The fourth-order valence-electron chi connectivity index (χ4n) is 2.90. The van der Waals surface area contributed by atoms with Crippen LogP contribution in [0.3, 0.4) is 0 Å². The maximum absolute atomic E-state index is 5.62. The highest BCUT2D eigenvalue weighted by Crippen LogP contribution is 2.16. The summed E-state index contributed by atoms with van der Waals surface area (Å²) >= 11 is 0. The van der Waals surface area contributed by atoms with Crippen LogP contribution in [0, 0.1) is 0 Å². The number of aryl methyl sites for hydroxylation is 1. The Bertz CT molecular complexity index is 558. The minimum absolute atomic E-state index is 0.417. The second kappa shape index (κ2) is 6.37. The van der Waals surface area contributed by atoms with Crippen molar-refractivity contribution in [2.45, 2.75) is 38.8 Å². The van der Waals surface area contributed by atoms with Crippen LogP contribution in [0.15, 0.2) is 24.3 Å². The zero-order chi connectivity index (χ0) is 13.8. The van der Waals surface area contributed by atoms with Gasteiger partial charge in [-0.2, -0.15) is 0 Å². The number of hydrogen-bond donors (Lipinski definition) is 1. The molecule has 1 aliphatic heterocycles. The van der Waals surface area contributed by atoms with Gasteiger partial charge in [0.1, 0.15) is 5.82 Å². The Balaban J connectivity index is 1.61. The molecule has 0 saturated carbocycles. The Morgan fingerprint density at radius 2 is 2.30 bits per heavy atom. The van der Waals surface area contributed by atoms with Gasteiger partial charge in [0.05, 0.1) is 17.1 Å². The molecule has 1 atom stereocenters. The zero-order valence-corrected chi connectivity index (χ0v) is 12.1. The Labute approximate surface area is 120 Å². The van der Waals surface area contributed by atoms with Crippen LogP contribution in [0.2, 0.25) is 0 Å². The van der Waals surface area contributed by atoms with Crippen molar-refractivity contribution >= 4 is 11.0 Å². The van der Waals surface area contributed by atoms with E-state index in [1.54, 1.807) is 0 Å². The third-order valence-electron chi connectivity index (χ3n) is 3.96. The molecule has 1 N–H and O–H groups in total. The van der Waals surface area contributed by atoms with E-state index in [1.807, 2.05) is 0 Å². The summed E-state index contributed by atoms with van der Waals surface area (Å²) in [6, 6.07) is 8.38. The van der Waals surface area contributed by atoms with Gasteiger partial charge in [-0.05, 0) is 25.0 Å². The summed E-state index contributed by atoms with van der Waals surface area (Å²) in [6.45, 7) is 5.99. The molecule has 20 heavy (non-hydrogen) atoms. The second-order valence-electron chi connectivity index (χ2n) is 5.36. The number of fused-ring (bicyclic) bond motifs is 1. The summed E-state index contributed by atoms with van der Waals surface area (Å²) in [5.41, 5.74) is 2.34. The highest BCUT2D eigenvalue weighted by Gasteiger charge is 2.14. The van der Waals surface area contributed by atoms with Crippen LogP contribution in [0.5, 0.6) is 0 Å². The number of para-hydroxylation sites is 2. The number of nitrogens with zero attached hydrogens (tertiary/aromatic N) is 2. The van der Waals surface area contributed by atoms with Crippen LogP contribution in [-0.2, 0) is 17.7 Å². The van der Waals surface area contributed by atoms with E-state index in [0.29, 0.717) is 6.10 Å². The number of imidazole rings is 1. The van der Waals surface area contributed by atoms with Gasteiger partial charge in [0.15, 0.2) is 0 Å². The maximum Gasteiger partial charge on any atom is 0.109 e. The predicted molar refractivity (Wildman–Crippen MR) is 81.0 cm³/mol. The molecular formula is C16H23N3O. The van der Waals surface area contributed by atoms with Gasteiger partial charge in [-0.1, -0.05) is 19.1 Å². The van der Waals surface area contributed by atoms with Crippen LogP contribution in [0.25, 0.3) is 11.0 Å². The molecule has 3 rings (SSSR count). The lowest BCUT2D eigenvalue weighted by Gasteiger charge is -2.12. The third kappa shape index (κ3) is 2.86. The summed E-state index contributed by atoms with van der Waals surface area (Å²) in [4.78, 5) is 4.70. The van der Waals surface area contributed by atoms with Crippen LogP contribution in [-0.4, -0.2) is 35.4 Å². The maximum atomic E-state index is 5.62. The van der Waals surface area contributed by atoms with E-state index < -0.39 is 0 Å². The van der Waals surface area contributed by atoms with Crippen LogP contribution in [0.1, 0.15) is 25.6 Å². The van der Waals surface area contributed by atoms with E-state index in [0.717, 1.165) is 38.2 Å². The molecule has 0 spiro atoms. The zero-order valence-electron chi connectivity index (χ0n) is 12.1. The van der Waals surface area contributed by atoms with Crippen molar-refractivity contribution in [2.24, 2.45) is 0 Å². The Hall–Kier alpha value is -1.39. The first kappa shape index (κ1) is 13.6. The molecule has 0 bridgehead atoms. The van der Waals surface area contributed by atoms with Gasteiger partial charge in [-0.25, -0.2) is 4.98 Å². The number of aromatic nitrogens is 2. The standard InChI is InChI=1S/C16H23N3O/c1-2-16-18-14-7-3-4-8-15(14)19(16)10-9-17-12-13-6-5-11-20-13/h3-4,7-8,13,17H,2,5-6,9-12H2,1H3. The fourth-order valence-corrected chi connectivity index (χ4v) is 2.90. The van der Waals surface area contributed by atoms with Gasteiger partial charge in [0.2, 0.25) is 0 Å². The van der Waals surface area contributed by atoms with Crippen molar-refractivity contribution in [3.63, 3.8) is 0 Å². The summed E-state index contributed by atoms with van der Waals surface area (Å²) in [5, 5.41) is 3.51.